The Morgan fingerprint density at radius 3 is 2.79 bits per heavy atom. The van der Waals surface area contributed by atoms with E-state index in [4.69, 9.17) is 4.74 Å². The molecule has 6 heteroatoms. The zero-order valence-corrected chi connectivity index (χ0v) is 11.8. The number of hydrogen-bond donors (Lipinski definition) is 2. The number of hydrogen-bond acceptors (Lipinski definition) is 4. The van der Waals surface area contributed by atoms with Gasteiger partial charge in [-0.05, 0) is 26.2 Å². The smallest absolute Gasteiger partial charge is 0.273 e. The molecule has 0 saturated heterocycles. The van der Waals surface area contributed by atoms with Crippen molar-refractivity contribution in [3.63, 3.8) is 0 Å². The van der Waals surface area contributed by atoms with Crippen LogP contribution < -0.4 is 5.32 Å². The van der Waals surface area contributed by atoms with Crippen LogP contribution in [0.3, 0.4) is 0 Å². The van der Waals surface area contributed by atoms with Crippen LogP contribution in [0.2, 0.25) is 0 Å². The molecule has 2 rings (SSSR count). The molecule has 1 aromatic heterocycles. The molecule has 1 saturated carbocycles. The number of ether oxygens (including phenoxy) is 1. The molecule has 1 aromatic rings. The van der Waals surface area contributed by atoms with Crippen LogP contribution in [-0.4, -0.2) is 40.1 Å². The molecule has 19 heavy (non-hydrogen) atoms. The summed E-state index contributed by atoms with van der Waals surface area (Å²) in [7, 11) is 0. The predicted molar refractivity (Wildman–Crippen MR) is 70.7 cm³/mol. The van der Waals surface area contributed by atoms with Gasteiger partial charge >= 0.3 is 0 Å². The first-order valence-corrected chi connectivity index (χ1v) is 6.96. The van der Waals surface area contributed by atoms with E-state index in [0.717, 1.165) is 25.9 Å². The normalized spacial score (nSPS) is 24.8. The van der Waals surface area contributed by atoms with Crippen molar-refractivity contribution < 1.29 is 9.53 Å². The van der Waals surface area contributed by atoms with Gasteiger partial charge in [0, 0.05) is 18.1 Å². The highest BCUT2D eigenvalue weighted by atomic mass is 16.5. The number of carbonyl (C=O) groups excluding carboxylic acids is 1. The largest absolute Gasteiger partial charge is 0.378 e. The zero-order valence-electron chi connectivity index (χ0n) is 11.8. The lowest BCUT2D eigenvalue weighted by molar-refractivity contribution is -0.134. The van der Waals surface area contributed by atoms with E-state index in [2.05, 4.69) is 34.6 Å². The SMILES string of the molecule is CCO[C@H]1C[C@H](NC(=O)c2cn[nH]n2)C1(CC)CC. The third-order valence-electron chi connectivity index (χ3n) is 4.42. The molecule has 0 aromatic carbocycles. The maximum absolute atomic E-state index is 12.0. The van der Waals surface area contributed by atoms with Crippen molar-refractivity contribution in [2.45, 2.75) is 52.2 Å². The second-order valence-corrected chi connectivity index (χ2v) is 5.00. The molecule has 0 unspecified atom stereocenters. The zero-order chi connectivity index (χ0) is 13.9. The maximum Gasteiger partial charge on any atom is 0.273 e. The standard InChI is InChI=1S/C13H22N4O2/c1-4-13(5-2)10(7-11(13)19-6-3)15-12(18)9-8-14-17-16-9/h8,10-11H,4-7H2,1-3H3,(H,15,18)(H,14,16,17)/t10-,11-/m0/s1. The summed E-state index contributed by atoms with van der Waals surface area (Å²) in [5.41, 5.74) is 0.385. The second-order valence-electron chi connectivity index (χ2n) is 5.00. The van der Waals surface area contributed by atoms with Gasteiger partial charge in [0.1, 0.15) is 0 Å². The van der Waals surface area contributed by atoms with Crippen LogP contribution in [0.1, 0.15) is 50.5 Å². The number of rotatable bonds is 6. The molecular formula is C13H22N4O2. The Morgan fingerprint density at radius 1 is 1.53 bits per heavy atom. The maximum atomic E-state index is 12.0. The third-order valence-corrected chi connectivity index (χ3v) is 4.42. The van der Waals surface area contributed by atoms with Crippen LogP contribution in [0.4, 0.5) is 0 Å². The minimum absolute atomic E-state index is 0.0510. The molecular weight excluding hydrogens is 244 g/mol. The van der Waals surface area contributed by atoms with Crippen LogP contribution in [-0.2, 0) is 4.74 Å². The van der Waals surface area contributed by atoms with Gasteiger partial charge in [-0.2, -0.15) is 15.4 Å². The van der Waals surface area contributed by atoms with Gasteiger partial charge in [0.05, 0.1) is 12.3 Å². The van der Waals surface area contributed by atoms with E-state index < -0.39 is 0 Å². The molecule has 2 atom stereocenters. The van der Waals surface area contributed by atoms with Crippen molar-refractivity contribution >= 4 is 5.91 Å². The summed E-state index contributed by atoms with van der Waals surface area (Å²) >= 11 is 0. The Balaban J connectivity index is 2.03. The van der Waals surface area contributed by atoms with Crippen molar-refractivity contribution in [3.05, 3.63) is 11.9 Å². The summed E-state index contributed by atoms with van der Waals surface area (Å²) in [5, 5.41) is 13.0. The highest BCUT2D eigenvalue weighted by Gasteiger charge is 2.53. The molecule has 1 heterocycles. The average molecular weight is 266 g/mol. The van der Waals surface area contributed by atoms with Gasteiger partial charge in [-0.3, -0.25) is 4.79 Å². The Kier molecular flexibility index (Phi) is 4.19. The van der Waals surface area contributed by atoms with Crippen LogP contribution in [0.15, 0.2) is 6.20 Å². The molecule has 0 radical (unpaired) electrons. The molecule has 1 aliphatic rings. The van der Waals surface area contributed by atoms with Gasteiger partial charge in [-0.1, -0.05) is 13.8 Å². The van der Waals surface area contributed by atoms with E-state index in [9.17, 15) is 4.79 Å². The lowest BCUT2D eigenvalue weighted by atomic mass is 9.58. The monoisotopic (exact) mass is 266 g/mol. The molecule has 106 valence electrons. The fraction of sp³-hybridized carbons (Fsp3) is 0.769. The number of aromatic amines is 1. The lowest BCUT2D eigenvalue weighted by Crippen LogP contribution is -2.64. The third kappa shape index (κ3) is 2.36. The number of aromatic nitrogens is 3. The quantitative estimate of drug-likeness (QED) is 0.818. The Bertz CT molecular complexity index is 414. The molecule has 1 fully saturated rings. The van der Waals surface area contributed by atoms with E-state index >= 15 is 0 Å². The van der Waals surface area contributed by atoms with Crippen LogP contribution in [0.25, 0.3) is 0 Å². The Morgan fingerprint density at radius 2 is 2.26 bits per heavy atom. The van der Waals surface area contributed by atoms with E-state index in [1.807, 2.05) is 6.92 Å². The van der Waals surface area contributed by atoms with Gasteiger partial charge in [0.15, 0.2) is 5.69 Å². The first kappa shape index (κ1) is 14.0. The fourth-order valence-electron chi connectivity index (χ4n) is 3.13. The number of nitrogens with one attached hydrogen (secondary N) is 2. The van der Waals surface area contributed by atoms with Gasteiger partial charge in [-0.25, -0.2) is 0 Å². The fourth-order valence-corrected chi connectivity index (χ4v) is 3.13. The molecule has 1 amide bonds. The molecule has 0 aliphatic heterocycles. The van der Waals surface area contributed by atoms with Gasteiger partial charge in [0.2, 0.25) is 0 Å². The number of H-pyrrole nitrogens is 1. The number of amides is 1. The lowest BCUT2D eigenvalue weighted by Gasteiger charge is -2.55. The van der Waals surface area contributed by atoms with Crippen LogP contribution in [0.5, 0.6) is 0 Å². The van der Waals surface area contributed by atoms with Crippen LogP contribution in [0, 0.1) is 5.41 Å². The summed E-state index contributed by atoms with van der Waals surface area (Å²) in [5.74, 6) is -0.167. The summed E-state index contributed by atoms with van der Waals surface area (Å²) in [6.45, 7) is 7.04. The van der Waals surface area contributed by atoms with Crippen molar-refractivity contribution in [2.75, 3.05) is 6.61 Å². The van der Waals surface area contributed by atoms with Crippen molar-refractivity contribution in [3.8, 4) is 0 Å². The molecule has 1 aliphatic carbocycles. The highest BCUT2D eigenvalue weighted by molar-refractivity contribution is 5.92. The van der Waals surface area contributed by atoms with E-state index in [0.29, 0.717) is 5.69 Å². The van der Waals surface area contributed by atoms with Crippen molar-refractivity contribution in [1.82, 2.24) is 20.7 Å². The minimum atomic E-state index is -0.167. The first-order chi connectivity index (χ1) is 9.17. The first-order valence-electron chi connectivity index (χ1n) is 6.96. The molecule has 0 spiro atoms. The van der Waals surface area contributed by atoms with Gasteiger partial charge < -0.3 is 10.1 Å². The molecule has 0 bridgehead atoms. The Hall–Kier alpha value is -1.43. The van der Waals surface area contributed by atoms with E-state index in [1.165, 1.54) is 6.20 Å². The molecule has 6 nitrogen and oxygen atoms in total. The van der Waals surface area contributed by atoms with Crippen molar-refractivity contribution in [2.24, 2.45) is 5.41 Å². The highest BCUT2D eigenvalue weighted by Crippen LogP contribution is 2.48. The van der Waals surface area contributed by atoms with E-state index in [1.54, 1.807) is 0 Å². The van der Waals surface area contributed by atoms with E-state index in [-0.39, 0.29) is 23.5 Å². The summed E-state index contributed by atoms with van der Waals surface area (Å²) in [4.78, 5) is 12.0. The summed E-state index contributed by atoms with van der Waals surface area (Å²) in [6, 6.07) is 0.156. The van der Waals surface area contributed by atoms with Crippen molar-refractivity contribution in [1.29, 1.82) is 0 Å². The topological polar surface area (TPSA) is 79.9 Å². The predicted octanol–water partition coefficient (Wildman–Crippen LogP) is 1.52. The van der Waals surface area contributed by atoms with Gasteiger partial charge in [-0.15, -0.1) is 0 Å². The Labute approximate surface area is 113 Å². The van der Waals surface area contributed by atoms with Gasteiger partial charge in [0.25, 0.3) is 5.91 Å². The second kappa shape index (κ2) is 5.69. The average Bonchev–Trinajstić information content (AvgIpc) is 2.93. The minimum Gasteiger partial charge on any atom is -0.378 e. The number of nitrogens with zero attached hydrogens (tertiary/aromatic N) is 2. The van der Waals surface area contributed by atoms with Crippen LogP contribution >= 0.6 is 0 Å². The number of carbonyl (C=O) groups is 1. The summed E-state index contributed by atoms with van der Waals surface area (Å²) < 4.78 is 5.79. The summed E-state index contributed by atoms with van der Waals surface area (Å²) in [6.07, 6.45) is 4.55. The molecule has 2 N–H and O–H groups in total.